The van der Waals surface area contributed by atoms with Crippen molar-refractivity contribution in [2.45, 2.75) is 51.6 Å². The third-order valence-electron chi connectivity index (χ3n) is 4.07. The molecule has 2 N–H and O–H groups in total. The summed E-state index contributed by atoms with van der Waals surface area (Å²) >= 11 is 0. The molecular formula is C16H26N2O. The van der Waals surface area contributed by atoms with E-state index in [1.807, 2.05) is 6.07 Å². The molecule has 0 amide bonds. The average molecular weight is 262 g/mol. The lowest BCUT2D eigenvalue weighted by Crippen LogP contribution is -2.40. The van der Waals surface area contributed by atoms with E-state index in [1.165, 1.54) is 43.4 Å². The van der Waals surface area contributed by atoms with Crippen LogP contribution in [0, 0.1) is 0 Å². The van der Waals surface area contributed by atoms with Crippen LogP contribution in [0.2, 0.25) is 0 Å². The SMILES string of the molecule is CCCC1CCCCN1c1cc(OC)ccc1CN. The molecule has 1 aliphatic rings. The largest absolute Gasteiger partial charge is 0.497 e. The van der Waals surface area contributed by atoms with Crippen LogP contribution in [0.5, 0.6) is 5.75 Å². The monoisotopic (exact) mass is 262 g/mol. The van der Waals surface area contributed by atoms with Gasteiger partial charge in [-0.05, 0) is 37.3 Å². The highest BCUT2D eigenvalue weighted by atomic mass is 16.5. The van der Waals surface area contributed by atoms with Crippen molar-refractivity contribution in [1.82, 2.24) is 0 Å². The molecule has 1 unspecified atom stereocenters. The van der Waals surface area contributed by atoms with E-state index in [2.05, 4.69) is 24.0 Å². The molecule has 2 rings (SSSR count). The predicted octanol–water partition coefficient (Wildman–Crippen LogP) is 3.31. The highest BCUT2D eigenvalue weighted by Gasteiger charge is 2.23. The normalized spacial score (nSPS) is 19.5. The van der Waals surface area contributed by atoms with Gasteiger partial charge in [-0.15, -0.1) is 0 Å². The number of anilines is 1. The summed E-state index contributed by atoms with van der Waals surface area (Å²) in [6.45, 7) is 4.00. The minimum Gasteiger partial charge on any atom is -0.497 e. The van der Waals surface area contributed by atoms with E-state index in [1.54, 1.807) is 7.11 Å². The van der Waals surface area contributed by atoms with E-state index in [0.717, 1.165) is 12.3 Å². The Bertz CT molecular complexity index is 404. The van der Waals surface area contributed by atoms with Gasteiger partial charge in [-0.25, -0.2) is 0 Å². The molecule has 1 aromatic rings. The number of benzene rings is 1. The molecule has 0 radical (unpaired) electrons. The first kappa shape index (κ1) is 14.2. The molecule has 1 atom stereocenters. The first-order valence-electron chi connectivity index (χ1n) is 7.43. The number of nitrogens with zero attached hydrogens (tertiary/aromatic N) is 1. The number of hydrogen-bond acceptors (Lipinski definition) is 3. The molecule has 0 saturated carbocycles. The fraction of sp³-hybridized carbons (Fsp3) is 0.625. The van der Waals surface area contributed by atoms with Gasteiger partial charge < -0.3 is 15.4 Å². The van der Waals surface area contributed by atoms with Crippen LogP contribution >= 0.6 is 0 Å². The Morgan fingerprint density at radius 1 is 1.37 bits per heavy atom. The van der Waals surface area contributed by atoms with Crippen molar-refractivity contribution >= 4 is 5.69 Å². The van der Waals surface area contributed by atoms with Crippen molar-refractivity contribution in [3.8, 4) is 5.75 Å². The van der Waals surface area contributed by atoms with Crippen molar-refractivity contribution in [2.24, 2.45) is 5.73 Å². The van der Waals surface area contributed by atoms with Gasteiger partial charge in [-0.3, -0.25) is 0 Å². The lowest BCUT2D eigenvalue weighted by molar-refractivity contribution is 0.411. The molecule has 1 fully saturated rings. The van der Waals surface area contributed by atoms with Crippen LogP contribution in [-0.4, -0.2) is 19.7 Å². The Kier molecular flexibility index (Phi) is 5.08. The Morgan fingerprint density at radius 2 is 2.21 bits per heavy atom. The second-order valence-electron chi connectivity index (χ2n) is 5.33. The van der Waals surface area contributed by atoms with Gasteiger partial charge in [0.05, 0.1) is 7.11 Å². The van der Waals surface area contributed by atoms with Crippen LogP contribution < -0.4 is 15.4 Å². The summed E-state index contributed by atoms with van der Waals surface area (Å²) in [6, 6.07) is 6.92. The summed E-state index contributed by atoms with van der Waals surface area (Å²) in [5, 5.41) is 0. The molecule has 0 aliphatic carbocycles. The number of nitrogens with two attached hydrogens (primary N) is 1. The topological polar surface area (TPSA) is 38.5 Å². The zero-order chi connectivity index (χ0) is 13.7. The van der Waals surface area contributed by atoms with Crippen LogP contribution in [0.25, 0.3) is 0 Å². The van der Waals surface area contributed by atoms with Gasteiger partial charge in [0.25, 0.3) is 0 Å². The van der Waals surface area contributed by atoms with Crippen molar-refractivity contribution in [1.29, 1.82) is 0 Å². The number of ether oxygens (including phenoxy) is 1. The maximum absolute atomic E-state index is 5.90. The maximum atomic E-state index is 5.90. The summed E-state index contributed by atoms with van der Waals surface area (Å²) in [5.41, 5.74) is 8.40. The van der Waals surface area contributed by atoms with Crippen molar-refractivity contribution in [2.75, 3.05) is 18.6 Å². The average Bonchev–Trinajstić information content (AvgIpc) is 2.47. The highest BCUT2D eigenvalue weighted by Crippen LogP contribution is 2.32. The van der Waals surface area contributed by atoms with Crippen LogP contribution in [0.15, 0.2) is 18.2 Å². The Hall–Kier alpha value is -1.22. The molecule has 1 saturated heterocycles. The van der Waals surface area contributed by atoms with Crippen molar-refractivity contribution in [3.05, 3.63) is 23.8 Å². The molecule has 0 aromatic heterocycles. The van der Waals surface area contributed by atoms with Gasteiger partial charge in [0.1, 0.15) is 5.75 Å². The van der Waals surface area contributed by atoms with Gasteiger partial charge in [0, 0.05) is 30.9 Å². The zero-order valence-electron chi connectivity index (χ0n) is 12.2. The molecule has 3 nitrogen and oxygen atoms in total. The molecular weight excluding hydrogens is 236 g/mol. The van der Waals surface area contributed by atoms with Crippen molar-refractivity contribution < 1.29 is 4.74 Å². The van der Waals surface area contributed by atoms with Gasteiger partial charge in [0.2, 0.25) is 0 Å². The van der Waals surface area contributed by atoms with Crippen molar-refractivity contribution in [3.63, 3.8) is 0 Å². The van der Waals surface area contributed by atoms with E-state index in [4.69, 9.17) is 10.5 Å². The molecule has 3 heteroatoms. The van der Waals surface area contributed by atoms with Crippen LogP contribution in [0.1, 0.15) is 44.6 Å². The fourth-order valence-corrected chi connectivity index (χ4v) is 3.06. The van der Waals surface area contributed by atoms with Crippen LogP contribution in [0.3, 0.4) is 0 Å². The molecule has 106 valence electrons. The van der Waals surface area contributed by atoms with E-state index in [-0.39, 0.29) is 0 Å². The number of hydrogen-bond donors (Lipinski definition) is 1. The van der Waals surface area contributed by atoms with Crippen LogP contribution in [0.4, 0.5) is 5.69 Å². The van der Waals surface area contributed by atoms with Gasteiger partial charge in [-0.1, -0.05) is 19.4 Å². The Morgan fingerprint density at radius 3 is 2.89 bits per heavy atom. The van der Waals surface area contributed by atoms with Gasteiger partial charge >= 0.3 is 0 Å². The second-order valence-corrected chi connectivity index (χ2v) is 5.33. The Labute approximate surface area is 116 Å². The zero-order valence-corrected chi connectivity index (χ0v) is 12.2. The van der Waals surface area contributed by atoms with Crippen LogP contribution in [-0.2, 0) is 6.54 Å². The molecule has 1 aliphatic heterocycles. The molecule has 19 heavy (non-hydrogen) atoms. The summed E-state index contributed by atoms with van der Waals surface area (Å²) in [5.74, 6) is 0.924. The van der Waals surface area contributed by atoms with E-state index >= 15 is 0 Å². The Balaban J connectivity index is 2.30. The minimum atomic E-state index is 0.592. The number of rotatable bonds is 5. The summed E-state index contributed by atoms with van der Waals surface area (Å²) in [7, 11) is 1.72. The smallest absolute Gasteiger partial charge is 0.120 e. The lowest BCUT2D eigenvalue weighted by Gasteiger charge is -2.39. The quantitative estimate of drug-likeness (QED) is 0.884. The van der Waals surface area contributed by atoms with E-state index in [9.17, 15) is 0 Å². The summed E-state index contributed by atoms with van der Waals surface area (Å²) in [4.78, 5) is 2.55. The molecule has 0 bridgehead atoms. The van der Waals surface area contributed by atoms with E-state index in [0.29, 0.717) is 12.6 Å². The highest BCUT2D eigenvalue weighted by molar-refractivity contribution is 5.58. The van der Waals surface area contributed by atoms with Gasteiger partial charge in [-0.2, -0.15) is 0 Å². The molecule has 1 aromatic carbocycles. The first-order chi connectivity index (χ1) is 9.30. The second kappa shape index (κ2) is 6.80. The summed E-state index contributed by atoms with van der Waals surface area (Å²) in [6.07, 6.45) is 6.43. The standard InChI is InChI=1S/C16H26N2O/c1-3-6-14-7-4-5-10-18(14)16-11-15(19-2)9-8-13(16)12-17/h8-9,11,14H,3-7,10,12,17H2,1-2H3. The third-order valence-corrected chi connectivity index (χ3v) is 4.07. The third kappa shape index (κ3) is 3.21. The van der Waals surface area contributed by atoms with Gasteiger partial charge in [0.15, 0.2) is 0 Å². The predicted molar refractivity (Wildman–Crippen MR) is 80.8 cm³/mol. The number of methoxy groups -OCH3 is 1. The molecule has 1 heterocycles. The van der Waals surface area contributed by atoms with E-state index < -0.39 is 0 Å². The summed E-state index contributed by atoms with van der Waals surface area (Å²) < 4.78 is 5.37. The minimum absolute atomic E-state index is 0.592. The molecule has 0 spiro atoms. The number of piperidine rings is 1. The lowest BCUT2D eigenvalue weighted by atomic mass is 9.96. The fourth-order valence-electron chi connectivity index (χ4n) is 3.06. The first-order valence-corrected chi connectivity index (χ1v) is 7.43. The maximum Gasteiger partial charge on any atom is 0.120 e.